The number of rotatable bonds is 4. The molecule has 0 unspecified atom stereocenters. The first kappa shape index (κ1) is 20.0. The zero-order chi connectivity index (χ0) is 20.3. The fourth-order valence-electron chi connectivity index (χ4n) is 3.85. The Bertz CT molecular complexity index is 816. The van der Waals surface area contributed by atoms with Crippen molar-refractivity contribution in [1.82, 2.24) is 20.3 Å². The first-order valence-corrected chi connectivity index (χ1v) is 12.9. The van der Waals surface area contributed by atoms with Crippen LogP contribution in [0.4, 0.5) is 0 Å². The molecule has 2 N–H and O–H groups in total. The Morgan fingerprint density at radius 1 is 1.18 bits per heavy atom. The van der Waals surface area contributed by atoms with E-state index in [1.807, 2.05) is 20.0 Å². The van der Waals surface area contributed by atoms with Crippen LogP contribution in [0.5, 0.6) is 0 Å². The van der Waals surface area contributed by atoms with Crippen LogP contribution in [0.2, 0.25) is 18.1 Å². The lowest BCUT2D eigenvalue weighted by Gasteiger charge is -2.37. The van der Waals surface area contributed by atoms with E-state index in [0.717, 1.165) is 17.0 Å². The van der Waals surface area contributed by atoms with Gasteiger partial charge in [0.05, 0.1) is 36.9 Å². The summed E-state index contributed by atoms with van der Waals surface area (Å²) in [6.45, 7) is 15.9. The summed E-state index contributed by atoms with van der Waals surface area (Å²) in [6, 6.07) is 0.0566. The van der Waals surface area contributed by atoms with Crippen molar-refractivity contribution in [2.24, 2.45) is 0 Å². The zero-order valence-electron chi connectivity index (χ0n) is 17.9. The van der Waals surface area contributed by atoms with Crippen molar-refractivity contribution in [2.45, 2.75) is 82.8 Å². The molecule has 0 amide bonds. The summed E-state index contributed by atoms with van der Waals surface area (Å²) in [6.07, 6.45) is 5.22. The van der Waals surface area contributed by atoms with Gasteiger partial charge in [0.15, 0.2) is 14.1 Å². The molecule has 0 spiro atoms. The van der Waals surface area contributed by atoms with Gasteiger partial charge in [0.25, 0.3) is 0 Å². The lowest BCUT2D eigenvalue weighted by Crippen LogP contribution is -2.47. The number of ether oxygens (including phenoxy) is 2. The van der Waals surface area contributed by atoms with E-state index >= 15 is 0 Å². The van der Waals surface area contributed by atoms with Crippen molar-refractivity contribution in [1.29, 1.82) is 0 Å². The molecular formula is C20H32N4O3Si. The highest BCUT2D eigenvalue weighted by atomic mass is 28.4. The van der Waals surface area contributed by atoms with E-state index in [1.54, 1.807) is 12.5 Å². The summed E-state index contributed by atoms with van der Waals surface area (Å²) in [7, 11) is -1.85. The van der Waals surface area contributed by atoms with Crippen LogP contribution in [-0.4, -0.2) is 53.9 Å². The molecule has 28 heavy (non-hydrogen) atoms. The van der Waals surface area contributed by atoms with E-state index in [2.05, 4.69) is 54.1 Å². The number of fused-ring (bicyclic) bond motifs is 2. The molecule has 0 saturated carbocycles. The first-order chi connectivity index (χ1) is 13.0. The van der Waals surface area contributed by atoms with Gasteiger partial charge in [-0.25, -0.2) is 4.98 Å². The largest absolute Gasteiger partial charge is 0.415 e. The second-order valence-electron chi connectivity index (χ2n) is 9.91. The SMILES string of the molecule is CC1(C)O[C@@H]2[C@H](O1)[C@@H](CO[Si](C)(C)C(C)(C)C)N[C@H]2c1cnc2cnc[nH]c1-2. The summed E-state index contributed by atoms with van der Waals surface area (Å²) in [5.74, 6) is -0.605. The fraction of sp³-hybridized carbons (Fsp3) is 0.700. The molecule has 8 heteroatoms. The maximum atomic E-state index is 6.51. The number of nitrogens with zero attached hydrogens (tertiary/aromatic N) is 2. The summed E-state index contributed by atoms with van der Waals surface area (Å²) >= 11 is 0. The highest BCUT2D eigenvalue weighted by Crippen LogP contribution is 2.44. The molecule has 0 radical (unpaired) electrons. The second kappa shape index (κ2) is 6.60. The van der Waals surface area contributed by atoms with Gasteiger partial charge in [0, 0.05) is 11.8 Å². The molecule has 2 fully saturated rings. The lowest BCUT2D eigenvalue weighted by atomic mass is 10.0. The lowest BCUT2D eigenvalue weighted by molar-refractivity contribution is -0.157. The van der Waals surface area contributed by atoms with E-state index in [4.69, 9.17) is 13.9 Å². The van der Waals surface area contributed by atoms with E-state index in [9.17, 15) is 0 Å². The Morgan fingerprint density at radius 2 is 1.89 bits per heavy atom. The van der Waals surface area contributed by atoms with Crippen LogP contribution in [0.15, 0.2) is 18.7 Å². The van der Waals surface area contributed by atoms with Gasteiger partial charge in [-0.1, -0.05) is 20.8 Å². The van der Waals surface area contributed by atoms with E-state index < -0.39 is 14.1 Å². The Balaban J connectivity index is 1.58. The number of aromatic nitrogens is 3. The number of hydrogen-bond donors (Lipinski definition) is 2. The van der Waals surface area contributed by atoms with Gasteiger partial charge in [-0.15, -0.1) is 0 Å². The number of H-pyrrole nitrogens is 1. The fourth-order valence-corrected chi connectivity index (χ4v) is 4.88. The molecule has 0 aromatic rings. The molecule has 4 rings (SSSR count). The molecule has 4 aliphatic rings. The smallest absolute Gasteiger partial charge is 0.192 e. The predicted molar refractivity (Wildman–Crippen MR) is 110 cm³/mol. The maximum Gasteiger partial charge on any atom is 0.192 e. The third-order valence-electron chi connectivity index (χ3n) is 6.42. The highest BCUT2D eigenvalue weighted by molar-refractivity contribution is 6.74. The minimum absolute atomic E-state index is 0.0107. The minimum atomic E-state index is -1.85. The van der Waals surface area contributed by atoms with Gasteiger partial charge >= 0.3 is 0 Å². The molecular weight excluding hydrogens is 372 g/mol. The van der Waals surface area contributed by atoms with Crippen LogP contribution >= 0.6 is 0 Å². The second-order valence-corrected chi connectivity index (χ2v) is 14.7. The normalized spacial score (nSPS) is 30.1. The molecule has 7 nitrogen and oxygen atoms in total. The molecule has 4 aliphatic heterocycles. The molecule has 4 heterocycles. The van der Waals surface area contributed by atoms with Crippen LogP contribution < -0.4 is 5.32 Å². The number of aromatic amines is 1. The minimum Gasteiger partial charge on any atom is -0.415 e. The summed E-state index contributed by atoms with van der Waals surface area (Å²) in [4.78, 5) is 11.9. The Labute approximate surface area is 168 Å². The third-order valence-corrected chi connectivity index (χ3v) is 10.9. The van der Waals surface area contributed by atoms with Crippen molar-refractivity contribution in [3.8, 4) is 11.4 Å². The van der Waals surface area contributed by atoms with Crippen molar-refractivity contribution < 1.29 is 13.9 Å². The summed E-state index contributed by atoms with van der Waals surface area (Å²) in [5.41, 5.74) is 2.93. The molecule has 154 valence electrons. The van der Waals surface area contributed by atoms with E-state index in [0.29, 0.717) is 6.61 Å². The van der Waals surface area contributed by atoms with E-state index in [1.165, 1.54) is 0 Å². The third kappa shape index (κ3) is 3.41. The van der Waals surface area contributed by atoms with Crippen LogP contribution in [0.1, 0.15) is 46.2 Å². The highest BCUT2D eigenvalue weighted by Gasteiger charge is 2.55. The summed E-state index contributed by atoms with van der Waals surface area (Å²) in [5, 5.41) is 3.89. The van der Waals surface area contributed by atoms with Crippen molar-refractivity contribution in [3.05, 3.63) is 24.3 Å². The monoisotopic (exact) mass is 404 g/mol. The van der Waals surface area contributed by atoms with Crippen LogP contribution in [0.25, 0.3) is 11.4 Å². The quantitative estimate of drug-likeness (QED) is 0.760. The van der Waals surface area contributed by atoms with Gasteiger partial charge in [-0.3, -0.25) is 4.98 Å². The molecule has 0 aromatic heterocycles. The van der Waals surface area contributed by atoms with Gasteiger partial charge in [0.2, 0.25) is 0 Å². The molecule has 0 bridgehead atoms. The molecule has 0 aliphatic carbocycles. The zero-order valence-corrected chi connectivity index (χ0v) is 18.9. The van der Waals surface area contributed by atoms with Crippen molar-refractivity contribution in [2.75, 3.05) is 6.61 Å². The first-order valence-electron chi connectivity index (χ1n) is 10.0. The van der Waals surface area contributed by atoms with Gasteiger partial charge in [-0.2, -0.15) is 0 Å². The molecule has 0 aromatic carbocycles. The Kier molecular flexibility index (Phi) is 4.71. The standard InChI is InChI=1S/C20H32N4O3Si/c1-19(2,3)28(6,7)25-10-14-17-18(27-20(4,5)26-17)16(24-14)12-8-22-13-9-21-11-23-15(12)13/h8-9,11,14,16-18,24H,10H2,1-7H3,(H,21,23)/t14-,16+,17-,18+/m1/s1. The average molecular weight is 405 g/mol. The predicted octanol–water partition coefficient (Wildman–Crippen LogP) is 3.46. The van der Waals surface area contributed by atoms with Crippen LogP contribution in [0, 0.1) is 0 Å². The van der Waals surface area contributed by atoms with Crippen LogP contribution in [0.3, 0.4) is 0 Å². The number of hydrogen-bond acceptors (Lipinski definition) is 6. The summed E-state index contributed by atoms with van der Waals surface area (Å²) < 4.78 is 19.1. The van der Waals surface area contributed by atoms with Gasteiger partial charge in [-0.05, 0) is 32.0 Å². The van der Waals surface area contributed by atoms with E-state index in [-0.39, 0.29) is 29.3 Å². The van der Waals surface area contributed by atoms with Gasteiger partial charge < -0.3 is 24.2 Å². The molecule has 2 saturated heterocycles. The maximum absolute atomic E-state index is 6.51. The Morgan fingerprint density at radius 3 is 2.61 bits per heavy atom. The molecule has 4 atom stereocenters. The van der Waals surface area contributed by atoms with Crippen molar-refractivity contribution >= 4 is 8.32 Å². The Hall–Kier alpha value is -1.32. The van der Waals surface area contributed by atoms with Crippen LogP contribution in [-0.2, 0) is 13.9 Å². The van der Waals surface area contributed by atoms with Gasteiger partial charge in [0.1, 0.15) is 17.9 Å². The average Bonchev–Trinajstić information content (AvgIpc) is 3.23. The topological polar surface area (TPSA) is 81.3 Å². The van der Waals surface area contributed by atoms with Crippen molar-refractivity contribution in [3.63, 3.8) is 0 Å². The number of nitrogens with one attached hydrogen (secondary N) is 2.